The molecule has 1 aliphatic heterocycles. The van der Waals surface area contributed by atoms with Crippen LogP contribution in [0.4, 0.5) is 4.39 Å². The third kappa shape index (κ3) is 6.86. The van der Waals surface area contributed by atoms with Crippen LogP contribution in [0, 0.1) is 0 Å². The predicted octanol–water partition coefficient (Wildman–Crippen LogP) is 1.27. The van der Waals surface area contributed by atoms with Gasteiger partial charge in [0, 0.05) is 12.3 Å². The number of nitrogens with zero attached hydrogens (tertiary/aromatic N) is 1. The number of aromatic amines is 1. The lowest BCUT2D eigenvalue weighted by Gasteiger charge is -2.24. The molecule has 1 aromatic heterocycles. The monoisotopic (exact) mass is 515 g/mol. The summed E-state index contributed by atoms with van der Waals surface area (Å²) >= 11 is 0. The molecule has 35 heavy (non-hydrogen) atoms. The number of benzene rings is 1. The molecule has 0 amide bonds. The summed E-state index contributed by atoms with van der Waals surface area (Å²) in [6.07, 6.45) is -6.11. The van der Waals surface area contributed by atoms with Crippen molar-refractivity contribution in [3.63, 3.8) is 0 Å². The summed E-state index contributed by atoms with van der Waals surface area (Å²) in [5, 5.41) is 12.7. The van der Waals surface area contributed by atoms with E-state index in [9.17, 15) is 28.4 Å². The van der Waals surface area contributed by atoms with Gasteiger partial charge in [-0.15, -0.1) is 0 Å². The minimum absolute atomic E-state index is 0.148. The Morgan fingerprint density at radius 1 is 1.26 bits per heavy atom. The number of carbonyl (C=O) groups excluding carboxylic acids is 1. The van der Waals surface area contributed by atoms with Crippen molar-refractivity contribution >= 4 is 13.7 Å². The molecule has 1 aliphatic rings. The van der Waals surface area contributed by atoms with Crippen LogP contribution in [-0.4, -0.2) is 57.8 Å². The molecule has 1 fully saturated rings. The standard InChI is InChI=1S/C21H27FN3O9P/c1-12(2)32-20(28)13(3)24-35(30,34-14-7-5-4-6-8-14)31-11-15-17(22)18(27)19(33-15)25-10-9-16(26)23-21(25)29/h4-10,12-13,15,17-19,27H,11H2,1-3H3,(H,24,30)(H,23,26,29)/t13-,15+,17?,18-,19+,35?/m0/s1. The molecule has 3 rings (SSSR count). The van der Waals surface area contributed by atoms with Gasteiger partial charge in [0.05, 0.1) is 12.7 Å². The largest absolute Gasteiger partial charge is 0.462 e. The molecule has 6 atom stereocenters. The van der Waals surface area contributed by atoms with Gasteiger partial charge < -0.3 is 19.1 Å². The topological polar surface area (TPSA) is 158 Å². The quantitative estimate of drug-likeness (QED) is 0.311. The maximum Gasteiger partial charge on any atom is 0.459 e. The van der Waals surface area contributed by atoms with Gasteiger partial charge in [-0.2, -0.15) is 5.09 Å². The van der Waals surface area contributed by atoms with E-state index in [2.05, 4.69) is 5.09 Å². The van der Waals surface area contributed by atoms with Crippen molar-refractivity contribution in [2.45, 2.75) is 57.5 Å². The van der Waals surface area contributed by atoms with Gasteiger partial charge in [0.15, 0.2) is 12.4 Å². The minimum atomic E-state index is -4.30. The number of esters is 1. The highest BCUT2D eigenvalue weighted by Crippen LogP contribution is 2.46. The van der Waals surface area contributed by atoms with Crippen molar-refractivity contribution in [1.29, 1.82) is 0 Å². The minimum Gasteiger partial charge on any atom is -0.462 e. The second-order valence-corrected chi connectivity index (χ2v) is 9.75. The van der Waals surface area contributed by atoms with Gasteiger partial charge in [-0.25, -0.2) is 13.8 Å². The maximum atomic E-state index is 14.8. The van der Waals surface area contributed by atoms with Crippen LogP contribution in [0.2, 0.25) is 0 Å². The summed E-state index contributed by atoms with van der Waals surface area (Å²) in [4.78, 5) is 37.5. The lowest BCUT2D eigenvalue weighted by atomic mass is 10.1. The van der Waals surface area contributed by atoms with Crippen molar-refractivity contribution in [3.05, 3.63) is 63.4 Å². The maximum absolute atomic E-state index is 14.8. The molecule has 3 N–H and O–H groups in total. The number of aliphatic hydroxyl groups excluding tert-OH is 1. The van der Waals surface area contributed by atoms with E-state index in [4.69, 9.17) is 18.5 Å². The Balaban J connectivity index is 1.75. The number of alkyl halides is 1. The molecule has 2 aromatic rings. The number of para-hydroxylation sites is 1. The molecule has 0 aliphatic carbocycles. The van der Waals surface area contributed by atoms with Gasteiger partial charge in [0.25, 0.3) is 5.56 Å². The zero-order chi connectivity index (χ0) is 25.8. The summed E-state index contributed by atoms with van der Waals surface area (Å²) in [6, 6.07) is 7.85. The number of ether oxygens (including phenoxy) is 2. The van der Waals surface area contributed by atoms with E-state index < -0.39 is 68.3 Å². The first kappa shape index (κ1) is 26.8. The van der Waals surface area contributed by atoms with Gasteiger partial charge >= 0.3 is 19.4 Å². The lowest BCUT2D eigenvalue weighted by Crippen LogP contribution is -2.37. The van der Waals surface area contributed by atoms with Crippen LogP contribution in [0.5, 0.6) is 5.75 Å². The Bertz CT molecular complexity index is 1170. The van der Waals surface area contributed by atoms with Crippen molar-refractivity contribution < 1.29 is 37.4 Å². The zero-order valence-electron chi connectivity index (χ0n) is 19.2. The van der Waals surface area contributed by atoms with Crippen LogP contribution < -0.4 is 20.9 Å². The first-order chi connectivity index (χ1) is 16.5. The fraction of sp³-hybridized carbons (Fsp3) is 0.476. The van der Waals surface area contributed by atoms with Crippen LogP contribution >= 0.6 is 7.75 Å². The molecule has 2 heterocycles. The zero-order valence-corrected chi connectivity index (χ0v) is 20.1. The van der Waals surface area contributed by atoms with Crippen molar-refractivity contribution in [3.8, 4) is 5.75 Å². The smallest absolute Gasteiger partial charge is 0.459 e. The number of aliphatic hydroxyl groups is 1. The molecule has 12 nitrogen and oxygen atoms in total. The number of nitrogens with one attached hydrogen (secondary N) is 2. The Morgan fingerprint density at radius 3 is 2.57 bits per heavy atom. The van der Waals surface area contributed by atoms with Gasteiger partial charge in [-0.05, 0) is 32.9 Å². The van der Waals surface area contributed by atoms with Crippen LogP contribution in [0.25, 0.3) is 0 Å². The van der Waals surface area contributed by atoms with Gasteiger partial charge in [0.2, 0.25) is 0 Å². The summed E-state index contributed by atoms with van der Waals surface area (Å²) in [5.74, 6) is -0.566. The lowest BCUT2D eigenvalue weighted by molar-refractivity contribution is -0.149. The molecular weight excluding hydrogens is 488 g/mol. The molecule has 2 unspecified atom stereocenters. The molecule has 0 radical (unpaired) electrons. The highest BCUT2D eigenvalue weighted by Gasteiger charge is 2.47. The van der Waals surface area contributed by atoms with Crippen molar-refractivity contribution in [1.82, 2.24) is 14.6 Å². The van der Waals surface area contributed by atoms with Crippen molar-refractivity contribution in [2.75, 3.05) is 6.61 Å². The fourth-order valence-corrected chi connectivity index (χ4v) is 4.71. The average Bonchev–Trinajstić information content (AvgIpc) is 3.06. The van der Waals surface area contributed by atoms with Gasteiger partial charge in [0.1, 0.15) is 24.0 Å². The van der Waals surface area contributed by atoms with E-state index in [1.807, 2.05) is 4.98 Å². The van der Waals surface area contributed by atoms with Gasteiger partial charge in [-0.1, -0.05) is 18.2 Å². The van der Waals surface area contributed by atoms with E-state index in [1.54, 1.807) is 32.0 Å². The highest BCUT2D eigenvalue weighted by atomic mass is 31.2. The molecule has 0 bridgehead atoms. The van der Waals surface area contributed by atoms with Crippen molar-refractivity contribution in [2.24, 2.45) is 0 Å². The van der Waals surface area contributed by atoms with E-state index in [0.717, 1.165) is 16.8 Å². The third-order valence-electron chi connectivity index (χ3n) is 4.85. The SMILES string of the molecule is CC(C)OC(=O)[C@H](C)NP(=O)(OC[C@H]1O[C@@H](n2ccc(=O)[nH]c2=O)[C@@H](O)C1F)Oc1ccccc1. The molecule has 1 saturated heterocycles. The van der Waals surface area contributed by atoms with E-state index in [1.165, 1.54) is 19.1 Å². The van der Waals surface area contributed by atoms with Gasteiger partial charge in [-0.3, -0.25) is 23.7 Å². The number of rotatable bonds is 10. The molecule has 14 heteroatoms. The number of aromatic nitrogens is 2. The average molecular weight is 515 g/mol. The normalized spacial score (nSPS) is 24.6. The number of hydrogen-bond acceptors (Lipinski definition) is 9. The fourth-order valence-electron chi connectivity index (χ4n) is 3.21. The molecule has 1 aromatic carbocycles. The number of carbonyl (C=O) groups is 1. The third-order valence-corrected chi connectivity index (χ3v) is 6.49. The number of H-pyrrole nitrogens is 1. The van der Waals surface area contributed by atoms with Crippen LogP contribution in [0.15, 0.2) is 52.2 Å². The van der Waals surface area contributed by atoms with E-state index in [0.29, 0.717) is 0 Å². The first-order valence-electron chi connectivity index (χ1n) is 10.8. The predicted molar refractivity (Wildman–Crippen MR) is 121 cm³/mol. The Morgan fingerprint density at radius 2 is 1.94 bits per heavy atom. The number of hydrogen-bond donors (Lipinski definition) is 3. The molecule has 0 saturated carbocycles. The van der Waals surface area contributed by atoms with Crippen LogP contribution in [0.3, 0.4) is 0 Å². The van der Waals surface area contributed by atoms with E-state index in [-0.39, 0.29) is 5.75 Å². The Labute approximate surface area is 199 Å². The summed E-state index contributed by atoms with van der Waals surface area (Å²) < 4.78 is 50.5. The Kier molecular flexibility index (Phi) is 8.62. The molecular formula is C21H27FN3O9P. The second-order valence-electron chi connectivity index (χ2n) is 8.05. The number of halogens is 1. The van der Waals surface area contributed by atoms with Crippen LogP contribution in [0.1, 0.15) is 27.0 Å². The Hall–Kier alpha value is -2.83. The molecule has 192 valence electrons. The summed E-state index contributed by atoms with van der Waals surface area (Å²) in [7, 11) is -4.30. The first-order valence-corrected chi connectivity index (χ1v) is 12.3. The van der Waals surface area contributed by atoms with E-state index >= 15 is 0 Å². The summed E-state index contributed by atoms with van der Waals surface area (Å²) in [5.41, 5.74) is -1.59. The second kappa shape index (κ2) is 11.3. The molecule has 0 spiro atoms. The highest BCUT2D eigenvalue weighted by molar-refractivity contribution is 7.52. The van der Waals surface area contributed by atoms with Crippen LogP contribution in [-0.2, 0) is 23.4 Å². The summed E-state index contributed by atoms with van der Waals surface area (Å²) in [6.45, 7) is 4.02.